The van der Waals surface area contributed by atoms with Gasteiger partial charge in [-0.3, -0.25) is 14.4 Å². The summed E-state index contributed by atoms with van der Waals surface area (Å²) in [5, 5.41) is 2.37. The van der Waals surface area contributed by atoms with E-state index in [4.69, 9.17) is 4.74 Å². The second kappa shape index (κ2) is 8.71. The molecule has 152 valence electrons. The van der Waals surface area contributed by atoms with E-state index in [-0.39, 0.29) is 24.1 Å². The molecule has 0 radical (unpaired) electrons. The Kier molecular flexibility index (Phi) is 6.31. The number of hydrogen-bond acceptors (Lipinski definition) is 4. The number of esters is 1. The number of carbonyl (C=O) groups is 3. The molecule has 1 aromatic carbocycles. The quantitative estimate of drug-likeness (QED) is 0.785. The Morgan fingerprint density at radius 1 is 1.25 bits per heavy atom. The van der Waals surface area contributed by atoms with Crippen LogP contribution in [0, 0.1) is 23.6 Å². The van der Waals surface area contributed by atoms with E-state index in [2.05, 4.69) is 19.2 Å². The minimum Gasteiger partial charge on any atom is -0.455 e. The Hall–Kier alpha value is -2.44. The fourth-order valence-corrected chi connectivity index (χ4v) is 4.21. The van der Waals surface area contributed by atoms with Gasteiger partial charge in [0.1, 0.15) is 5.82 Å². The number of amides is 2. The third-order valence-corrected chi connectivity index (χ3v) is 6.05. The average Bonchev–Trinajstić information content (AvgIpc) is 3.05. The van der Waals surface area contributed by atoms with E-state index >= 15 is 0 Å². The highest BCUT2D eigenvalue weighted by Crippen LogP contribution is 2.35. The van der Waals surface area contributed by atoms with Gasteiger partial charge in [0.25, 0.3) is 5.91 Å². The third kappa shape index (κ3) is 4.51. The van der Waals surface area contributed by atoms with Crippen LogP contribution in [0.25, 0.3) is 0 Å². The van der Waals surface area contributed by atoms with Gasteiger partial charge in [-0.15, -0.1) is 0 Å². The fraction of sp³-hybridized carbons (Fsp3) is 0.571. The summed E-state index contributed by atoms with van der Waals surface area (Å²) in [5.41, 5.74) is 0.0335. The number of para-hydroxylation sites is 1. The number of halogens is 1. The van der Waals surface area contributed by atoms with Crippen LogP contribution in [0.5, 0.6) is 0 Å². The van der Waals surface area contributed by atoms with E-state index in [1.165, 1.54) is 24.6 Å². The first-order valence-electron chi connectivity index (χ1n) is 9.87. The van der Waals surface area contributed by atoms with Crippen molar-refractivity contribution < 1.29 is 23.5 Å². The van der Waals surface area contributed by atoms with Crippen LogP contribution in [0.15, 0.2) is 24.3 Å². The summed E-state index contributed by atoms with van der Waals surface area (Å²) in [6, 6.07) is 5.93. The van der Waals surface area contributed by atoms with Crippen molar-refractivity contribution in [1.82, 2.24) is 4.90 Å². The number of carbonyl (C=O) groups excluding carboxylic acids is 3. The maximum atomic E-state index is 13.6. The highest BCUT2D eigenvalue weighted by molar-refractivity contribution is 5.93. The van der Waals surface area contributed by atoms with E-state index in [1.807, 2.05) is 4.90 Å². The molecule has 4 atom stereocenters. The van der Waals surface area contributed by atoms with Crippen LogP contribution in [-0.2, 0) is 19.1 Å². The van der Waals surface area contributed by atoms with Crippen LogP contribution in [0.1, 0.15) is 39.5 Å². The molecule has 0 spiro atoms. The predicted molar refractivity (Wildman–Crippen MR) is 102 cm³/mol. The minimum absolute atomic E-state index is 0.0243. The van der Waals surface area contributed by atoms with Gasteiger partial charge in [0.05, 0.1) is 11.6 Å². The van der Waals surface area contributed by atoms with Crippen molar-refractivity contribution in [2.24, 2.45) is 17.8 Å². The van der Waals surface area contributed by atoms with Gasteiger partial charge in [-0.05, 0) is 30.4 Å². The SMILES string of the molecule is C[C@@H]1[C@H](C)CCC[C@@H]1N1C[C@H](C(=O)OCC(=O)Nc2ccccc2F)CC1=O. The molecule has 7 heteroatoms. The molecular weight excluding hydrogens is 363 g/mol. The average molecular weight is 390 g/mol. The van der Waals surface area contributed by atoms with Gasteiger partial charge in [-0.2, -0.15) is 0 Å². The molecule has 6 nitrogen and oxygen atoms in total. The highest BCUT2D eigenvalue weighted by atomic mass is 19.1. The monoisotopic (exact) mass is 390 g/mol. The van der Waals surface area contributed by atoms with Gasteiger partial charge >= 0.3 is 5.97 Å². The van der Waals surface area contributed by atoms with Crippen molar-refractivity contribution in [1.29, 1.82) is 0 Å². The largest absolute Gasteiger partial charge is 0.455 e. The zero-order valence-electron chi connectivity index (χ0n) is 16.3. The van der Waals surface area contributed by atoms with E-state index < -0.39 is 30.2 Å². The molecule has 2 fully saturated rings. The van der Waals surface area contributed by atoms with Gasteiger partial charge in [-0.1, -0.05) is 38.8 Å². The highest BCUT2D eigenvalue weighted by Gasteiger charge is 2.42. The van der Waals surface area contributed by atoms with Crippen molar-refractivity contribution >= 4 is 23.5 Å². The van der Waals surface area contributed by atoms with Crippen LogP contribution in [0.3, 0.4) is 0 Å². The Bertz CT molecular complexity index is 754. The predicted octanol–water partition coefficient (Wildman–Crippen LogP) is 2.98. The Morgan fingerprint density at radius 3 is 2.75 bits per heavy atom. The summed E-state index contributed by atoms with van der Waals surface area (Å²) in [7, 11) is 0. The molecule has 1 aromatic rings. The molecule has 1 saturated carbocycles. The number of ether oxygens (including phenoxy) is 1. The number of nitrogens with one attached hydrogen (secondary N) is 1. The topological polar surface area (TPSA) is 75.7 Å². The normalized spacial score (nSPS) is 27.5. The Morgan fingerprint density at radius 2 is 2.00 bits per heavy atom. The lowest BCUT2D eigenvalue weighted by Gasteiger charge is -2.39. The number of likely N-dealkylation sites (tertiary alicyclic amines) is 1. The summed E-state index contributed by atoms with van der Waals surface area (Å²) in [6.45, 7) is 4.21. The van der Waals surface area contributed by atoms with E-state index in [9.17, 15) is 18.8 Å². The summed E-state index contributed by atoms with van der Waals surface area (Å²) >= 11 is 0. The summed E-state index contributed by atoms with van der Waals surface area (Å²) in [6.07, 6.45) is 3.34. The van der Waals surface area contributed by atoms with Crippen LogP contribution >= 0.6 is 0 Å². The van der Waals surface area contributed by atoms with Gasteiger partial charge in [-0.25, -0.2) is 4.39 Å². The minimum atomic E-state index is -0.616. The molecule has 1 heterocycles. The molecule has 3 rings (SSSR count). The first-order chi connectivity index (χ1) is 13.4. The van der Waals surface area contributed by atoms with Gasteiger partial charge in [0.2, 0.25) is 5.91 Å². The second-order valence-corrected chi connectivity index (χ2v) is 7.92. The molecule has 28 heavy (non-hydrogen) atoms. The molecule has 1 saturated heterocycles. The number of rotatable bonds is 5. The lowest BCUT2D eigenvalue weighted by atomic mass is 9.77. The van der Waals surface area contributed by atoms with Crippen molar-refractivity contribution in [3.05, 3.63) is 30.1 Å². The molecule has 0 bridgehead atoms. The summed E-state index contributed by atoms with van der Waals surface area (Å²) in [4.78, 5) is 38.5. The Balaban J connectivity index is 1.50. The van der Waals surface area contributed by atoms with Gasteiger partial charge < -0.3 is 15.0 Å². The number of nitrogens with zero attached hydrogens (tertiary/aromatic N) is 1. The first kappa shape index (κ1) is 20.3. The zero-order valence-corrected chi connectivity index (χ0v) is 16.3. The van der Waals surface area contributed by atoms with Crippen LogP contribution < -0.4 is 5.32 Å². The number of hydrogen-bond donors (Lipinski definition) is 1. The van der Waals surface area contributed by atoms with Crippen LogP contribution in [-0.4, -0.2) is 41.9 Å². The first-order valence-corrected chi connectivity index (χ1v) is 9.87. The smallest absolute Gasteiger partial charge is 0.311 e. The van der Waals surface area contributed by atoms with E-state index in [0.717, 1.165) is 12.8 Å². The van der Waals surface area contributed by atoms with Crippen molar-refractivity contribution in [3.63, 3.8) is 0 Å². The maximum Gasteiger partial charge on any atom is 0.311 e. The van der Waals surface area contributed by atoms with E-state index in [1.54, 1.807) is 6.07 Å². The number of anilines is 1. The molecular formula is C21H27FN2O4. The molecule has 1 aliphatic carbocycles. The molecule has 0 aromatic heterocycles. The third-order valence-electron chi connectivity index (χ3n) is 6.05. The zero-order chi connectivity index (χ0) is 20.3. The standard InChI is InChI=1S/C21H27FN2O4/c1-13-6-5-9-18(14(13)2)24-11-15(10-20(24)26)21(27)28-12-19(25)23-17-8-4-3-7-16(17)22/h3-4,7-8,13-15,18H,5-6,9-12H2,1-2H3,(H,23,25)/t13-,14-,15-,18+/m1/s1. The molecule has 1 N–H and O–H groups in total. The van der Waals surface area contributed by atoms with Crippen molar-refractivity contribution in [3.8, 4) is 0 Å². The summed E-state index contributed by atoms with van der Waals surface area (Å²) in [5.74, 6) is -1.36. The second-order valence-electron chi connectivity index (χ2n) is 7.92. The number of benzene rings is 1. The van der Waals surface area contributed by atoms with Crippen molar-refractivity contribution in [2.75, 3.05) is 18.5 Å². The van der Waals surface area contributed by atoms with Gasteiger partial charge in [0.15, 0.2) is 6.61 Å². The Labute approximate surface area is 164 Å². The van der Waals surface area contributed by atoms with Gasteiger partial charge in [0, 0.05) is 19.0 Å². The summed E-state index contributed by atoms with van der Waals surface area (Å²) < 4.78 is 18.6. The van der Waals surface area contributed by atoms with Crippen molar-refractivity contribution in [2.45, 2.75) is 45.6 Å². The van der Waals surface area contributed by atoms with Crippen LogP contribution in [0.2, 0.25) is 0 Å². The van der Waals surface area contributed by atoms with E-state index in [0.29, 0.717) is 18.4 Å². The lowest BCUT2D eigenvalue weighted by molar-refractivity contribution is -0.151. The molecule has 0 unspecified atom stereocenters. The molecule has 2 amide bonds. The molecule has 2 aliphatic rings. The maximum absolute atomic E-state index is 13.6. The molecule has 1 aliphatic heterocycles. The van der Waals surface area contributed by atoms with Crippen LogP contribution in [0.4, 0.5) is 10.1 Å². The fourth-order valence-electron chi connectivity index (χ4n) is 4.21. The lowest BCUT2D eigenvalue weighted by Crippen LogP contribution is -2.45.